The summed E-state index contributed by atoms with van der Waals surface area (Å²) in [6, 6.07) is 0. The molecule has 0 saturated heterocycles. The van der Waals surface area contributed by atoms with Crippen molar-refractivity contribution in [3.8, 4) is 0 Å². The van der Waals surface area contributed by atoms with Crippen LogP contribution in [-0.2, 0) is 4.79 Å². The summed E-state index contributed by atoms with van der Waals surface area (Å²) in [4.78, 5) is 10.1. The summed E-state index contributed by atoms with van der Waals surface area (Å²) in [6.45, 7) is 3.22. The van der Waals surface area contributed by atoms with Crippen LogP contribution in [0.2, 0.25) is 0 Å². The molecule has 0 unspecified atom stereocenters. The van der Waals surface area contributed by atoms with E-state index in [2.05, 4.69) is 6.58 Å². The second kappa shape index (κ2) is 3.48. The lowest BCUT2D eigenvalue weighted by Crippen LogP contribution is -2.19. The van der Waals surface area contributed by atoms with Gasteiger partial charge in [-0.15, -0.1) is 0 Å². The molecule has 0 bridgehead atoms. The van der Waals surface area contributed by atoms with E-state index in [4.69, 9.17) is 22.4 Å². The Balaban J connectivity index is 3.63. The highest BCUT2D eigenvalue weighted by atomic mass is 35.5. The molecular weight excluding hydrogens is 142 g/mol. The Hall–Kier alpha value is -0.540. The Morgan fingerprint density at radius 3 is 2.44 bits per heavy atom. The average molecular weight is 150 g/mol. The van der Waals surface area contributed by atoms with Gasteiger partial charge in [-0.3, -0.25) is 4.79 Å². The maximum atomic E-state index is 10.1. The first-order valence-corrected chi connectivity index (χ1v) is 2.72. The number of halogens is 1. The minimum absolute atomic E-state index is 0.0359. The van der Waals surface area contributed by atoms with Gasteiger partial charge in [0, 0.05) is 5.03 Å². The monoisotopic (exact) mass is 149 g/mol. The Morgan fingerprint density at radius 2 is 2.33 bits per heavy atom. The third kappa shape index (κ3) is 4.00. The highest BCUT2D eigenvalue weighted by Gasteiger charge is 2.08. The summed E-state index contributed by atoms with van der Waals surface area (Å²) in [5.41, 5.74) is 4.73. The number of rotatable bonds is 3. The molecule has 9 heavy (non-hydrogen) atoms. The van der Waals surface area contributed by atoms with E-state index < -0.39 is 12.0 Å². The number of hydrogen-bond donors (Lipinski definition) is 2. The van der Waals surface area contributed by atoms with E-state index in [0.717, 1.165) is 0 Å². The van der Waals surface area contributed by atoms with Crippen molar-refractivity contribution in [3.63, 3.8) is 0 Å². The summed E-state index contributed by atoms with van der Waals surface area (Å²) < 4.78 is 0. The van der Waals surface area contributed by atoms with Gasteiger partial charge in [-0.1, -0.05) is 18.2 Å². The van der Waals surface area contributed by atoms with E-state index >= 15 is 0 Å². The summed E-state index contributed by atoms with van der Waals surface area (Å²) >= 11 is 5.22. The number of primary amides is 1. The molecule has 0 aromatic carbocycles. The fourth-order valence-electron chi connectivity index (χ4n) is 0.301. The van der Waals surface area contributed by atoms with Crippen molar-refractivity contribution >= 4 is 17.5 Å². The predicted molar refractivity (Wildman–Crippen MR) is 34.8 cm³/mol. The third-order valence-corrected chi connectivity index (χ3v) is 1.01. The molecule has 0 aliphatic rings. The SMILES string of the molecule is C=C(Cl)[C@H](O)CC(N)=O. The van der Waals surface area contributed by atoms with Gasteiger partial charge in [0.2, 0.25) is 5.91 Å². The standard InChI is InChI=1S/C5H8ClNO2/c1-3(6)4(8)2-5(7)9/h4,8H,1-2H2,(H2,7,9)/t4-/m1/s1. The Kier molecular flexibility index (Phi) is 3.27. The molecule has 0 spiro atoms. The molecule has 4 heteroatoms. The van der Waals surface area contributed by atoms with Crippen LogP contribution < -0.4 is 5.73 Å². The molecule has 0 aromatic heterocycles. The number of carbonyl (C=O) groups excluding carboxylic acids is 1. The number of aliphatic hydroxyl groups excluding tert-OH is 1. The van der Waals surface area contributed by atoms with Gasteiger partial charge in [0.15, 0.2) is 0 Å². The lowest BCUT2D eigenvalue weighted by Gasteiger charge is -2.03. The quantitative estimate of drug-likeness (QED) is 0.592. The maximum Gasteiger partial charge on any atom is 0.220 e. The number of amides is 1. The summed E-state index contributed by atoms with van der Waals surface area (Å²) in [5.74, 6) is -0.593. The molecule has 0 aromatic rings. The van der Waals surface area contributed by atoms with Crippen molar-refractivity contribution in [3.05, 3.63) is 11.6 Å². The molecule has 0 aliphatic heterocycles. The van der Waals surface area contributed by atoms with Crippen molar-refractivity contribution in [2.75, 3.05) is 0 Å². The predicted octanol–water partition coefficient (Wildman–Crippen LogP) is -0.0248. The molecule has 52 valence electrons. The fraction of sp³-hybridized carbons (Fsp3) is 0.400. The van der Waals surface area contributed by atoms with E-state index in [1.807, 2.05) is 0 Å². The lowest BCUT2D eigenvalue weighted by molar-refractivity contribution is -0.119. The number of hydrogen-bond acceptors (Lipinski definition) is 2. The lowest BCUT2D eigenvalue weighted by atomic mass is 10.2. The molecular formula is C5H8ClNO2. The third-order valence-electron chi connectivity index (χ3n) is 0.756. The van der Waals surface area contributed by atoms with Crippen LogP contribution in [0.25, 0.3) is 0 Å². The Morgan fingerprint density at radius 1 is 1.89 bits per heavy atom. The minimum Gasteiger partial charge on any atom is -0.387 e. The second-order valence-corrected chi connectivity index (χ2v) is 2.12. The van der Waals surface area contributed by atoms with Crippen molar-refractivity contribution < 1.29 is 9.90 Å². The first-order chi connectivity index (χ1) is 4.04. The first kappa shape index (κ1) is 8.46. The largest absolute Gasteiger partial charge is 0.387 e. The van der Waals surface area contributed by atoms with Crippen LogP contribution in [0.1, 0.15) is 6.42 Å². The van der Waals surface area contributed by atoms with Crippen LogP contribution in [0.3, 0.4) is 0 Å². The number of carbonyl (C=O) groups is 1. The van der Waals surface area contributed by atoms with Crippen LogP contribution in [-0.4, -0.2) is 17.1 Å². The molecule has 0 rings (SSSR count). The van der Waals surface area contributed by atoms with Gasteiger partial charge in [-0.05, 0) is 0 Å². The molecule has 0 heterocycles. The molecule has 0 aliphatic carbocycles. The molecule has 1 atom stereocenters. The van der Waals surface area contributed by atoms with E-state index in [1.54, 1.807) is 0 Å². The van der Waals surface area contributed by atoms with E-state index in [-0.39, 0.29) is 11.5 Å². The van der Waals surface area contributed by atoms with E-state index in [0.29, 0.717) is 0 Å². The van der Waals surface area contributed by atoms with Crippen LogP contribution >= 0.6 is 11.6 Å². The molecule has 3 nitrogen and oxygen atoms in total. The minimum atomic E-state index is -1.01. The van der Waals surface area contributed by atoms with Crippen LogP contribution in [0.15, 0.2) is 11.6 Å². The van der Waals surface area contributed by atoms with E-state index in [9.17, 15) is 4.79 Å². The van der Waals surface area contributed by atoms with Crippen molar-refractivity contribution in [1.29, 1.82) is 0 Å². The fourth-order valence-corrected chi connectivity index (χ4v) is 0.378. The van der Waals surface area contributed by atoms with Crippen LogP contribution in [0.4, 0.5) is 0 Å². The van der Waals surface area contributed by atoms with Gasteiger partial charge < -0.3 is 10.8 Å². The van der Waals surface area contributed by atoms with Gasteiger partial charge in [0.1, 0.15) is 0 Å². The highest BCUT2D eigenvalue weighted by Crippen LogP contribution is 2.06. The smallest absolute Gasteiger partial charge is 0.220 e. The Bertz CT molecular complexity index is 135. The van der Waals surface area contributed by atoms with Crippen LogP contribution in [0.5, 0.6) is 0 Å². The highest BCUT2D eigenvalue weighted by molar-refractivity contribution is 6.29. The molecule has 0 fully saturated rings. The zero-order valence-electron chi connectivity index (χ0n) is 4.80. The van der Waals surface area contributed by atoms with E-state index in [1.165, 1.54) is 0 Å². The van der Waals surface area contributed by atoms with Gasteiger partial charge in [-0.2, -0.15) is 0 Å². The van der Waals surface area contributed by atoms with Crippen LogP contribution in [0, 0.1) is 0 Å². The zero-order chi connectivity index (χ0) is 7.44. The summed E-state index contributed by atoms with van der Waals surface area (Å²) in [7, 11) is 0. The normalized spacial score (nSPS) is 12.7. The number of aliphatic hydroxyl groups is 1. The topological polar surface area (TPSA) is 63.3 Å². The van der Waals surface area contributed by atoms with Crippen molar-refractivity contribution in [2.45, 2.75) is 12.5 Å². The van der Waals surface area contributed by atoms with Crippen molar-refractivity contribution in [2.24, 2.45) is 5.73 Å². The van der Waals surface area contributed by atoms with Gasteiger partial charge in [0.05, 0.1) is 12.5 Å². The van der Waals surface area contributed by atoms with Gasteiger partial charge >= 0.3 is 0 Å². The molecule has 3 N–H and O–H groups in total. The number of nitrogens with two attached hydrogens (primary N) is 1. The van der Waals surface area contributed by atoms with Gasteiger partial charge in [0.25, 0.3) is 0 Å². The average Bonchev–Trinajstić information content (AvgIpc) is 1.63. The summed E-state index contributed by atoms with van der Waals surface area (Å²) in [6.07, 6.45) is -1.17. The first-order valence-electron chi connectivity index (χ1n) is 2.34. The molecule has 0 radical (unpaired) electrons. The van der Waals surface area contributed by atoms with Gasteiger partial charge in [-0.25, -0.2) is 0 Å². The zero-order valence-corrected chi connectivity index (χ0v) is 5.56. The maximum absolute atomic E-state index is 10.1. The molecule has 0 saturated carbocycles. The summed E-state index contributed by atoms with van der Waals surface area (Å²) in [5, 5.41) is 8.80. The molecule has 1 amide bonds. The van der Waals surface area contributed by atoms with Crippen molar-refractivity contribution in [1.82, 2.24) is 0 Å². The second-order valence-electron chi connectivity index (χ2n) is 1.63. The Labute approximate surface area is 58.1 Å².